The van der Waals surface area contributed by atoms with Crippen molar-refractivity contribution in [3.8, 4) is 11.5 Å². The lowest BCUT2D eigenvalue weighted by atomic mass is 9.71. The summed E-state index contributed by atoms with van der Waals surface area (Å²) in [6.45, 7) is 0.224. The van der Waals surface area contributed by atoms with Gasteiger partial charge in [0.1, 0.15) is 5.76 Å². The third-order valence-electron chi connectivity index (χ3n) is 7.02. The Balaban J connectivity index is 1.45. The number of rotatable bonds is 2. The molecule has 0 radical (unpaired) electrons. The van der Waals surface area contributed by atoms with Crippen LogP contribution in [0.1, 0.15) is 41.6 Å². The fourth-order valence-corrected chi connectivity index (χ4v) is 5.56. The number of hydrogen-bond acceptors (Lipinski definition) is 5. The number of benzene rings is 3. The zero-order valence-electron chi connectivity index (χ0n) is 17.8. The second-order valence-corrected chi connectivity index (χ2v) is 8.85. The standard InChI is InChI=1S/C28H21NO4/c30-22-13-18(23-6-3-11-31-23)12-21-28(22)26(17-8-10-24-25(14-17)33-15-32-24)27-19-5-2-1-4-16(19)7-9-20(27)29-21/h1-11,14,18,26,29H,12-13,15H2/t18-,26-/m0/s1. The van der Waals surface area contributed by atoms with Crippen LogP contribution >= 0.6 is 0 Å². The smallest absolute Gasteiger partial charge is 0.231 e. The lowest BCUT2D eigenvalue weighted by molar-refractivity contribution is -0.116. The number of Topliss-reactive ketones (excluding diaryl/α,β-unsaturated/α-hetero) is 1. The molecule has 33 heavy (non-hydrogen) atoms. The van der Waals surface area contributed by atoms with Crippen LogP contribution in [-0.2, 0) is 4.79 Å². The molecule has 0 spiro atoms. The molecule has 3 aliphatic rings. The molecule has 3 heterocycles. The molecule has 0 fully saturated rings. The van der Waals surface area contributed by atoms with Gasteiger partial charge < -0.3 is 19.2 Å². The monoisotopic (exact) mass is 435 g/mol. The summed E-state index contributed by atoms with van der Waals surface area (Å²) in [6, 6.07) is 22.5. The third-order valence-corrected chi connectivity index (χ3v) is 7.02. The van der Waals surface area contributed by atoms with E-state index in [4.69, 9.17) is 13.9 Å². The van der Waals surface area contributed by atoms with E-state index in [1.807, 2.05) is 30.3 Å². The molecule has 4 aromatic rings. The van der Waals surface area contributed by atoms with Gasteiger partial charge in [0.15, 0.2) is 17.3 Å². The maximum Gasteiger partial charge on any atom is 0.231 e. The van der Waals surface area contributed by atoms with Gasteiger partial charge in [-0.1, -0.05) is 36.4 Å². The average molecular weight is 435 g/mol. The number of anilines is 1. The molecule has 1 aromatic heterocycles. The number of allylic oxidation sites excluding steroid dienone is 2. The third kappa shape index (κ3) is 2.82. The molecule has 2 aliphatic heterocycles. The van der Waals surface area contributed by atoms with Crippen LogP contribution in [0.3, 0.4) is 0 Å². The van der Waals surface area contributed by atoms with Crippen LogP contribution in [0, 0.1) is 0 Å². The summed E-state index contributed by atoms with van der Waals surface area (Å²) in [5, 5.41) is 5.93. The molecule has 0 saturated carbocycles. The predicted molar refractivity (Wildman–Crippen MR) is 125 cm³/mol. The fraction of sp³-hybridized carbons (Fsp3) is 0.179. The second kappa shape index (κ2) is 7.01. The molecule has 1 aliphatic carbocycles. The quantitative estimate of drug-likeness (QED) is 0.411. The zero-order chi connectivity index (χ0) is 21.9. The number of furan rings is 1. The first-order chi connectivity index (χ1) is 16.3. The van der Waals surface area contributed by atoms with Crippen LogP contribution < -0.4 is 14.8 Å². The Labute approximate surface area is 190 Å². The Kier molecular flexibility index (Phi) is 3.94. The normalized spacial score (nSPS) is 21.0. The molecular formula is C28H21NO4. The number of nitrogens with one attached hydrogen (secondary N) is 1. The first kappa shape index (κ1) is 18.6. The number of carbonyl (C=O) groups excluding carboxylic acids is 1. The van der Waals surface area contributed by atoms with Gasteiger partial charge in [0.2, 0.25) is 6.79 Å². The minimum absolute atomic E-state index is 0.0400. The highest BCUT2D eigenvalue weighted by Gasteiger charge is 2.40. The van der Waals surface area contributed by atoms with Crippen molar-refractivity contribution >= 4 is 22.2 Å². The highest BCUT2D eigenvalue weighted by atomic mass is 16.7. The fourth-order valence-electron chi connectivity index (χ4n) is 5.56. The molecular weight excluding hydrogens is 414 g/mol. The molecule has 0 unspecified atom stereocenters. The van der Waals surface area contributed by atoms with Crippen molar-refractivity contribution in [3.63, 3.8) is 0 Å². The number of hydrogen-bond donors (Lipinski definition) is 1. The second-order valence-electron chi connectivity index (χ2n) is 8.85. The Hall–Kier alpha value is -3.99. The van der Waals surface area contributed by atoms with Crippen molar-refractivity contribution in [1.82, 2.24) is 0 Å². The summed E-state index contributed by atoms with van der Waals surface area (Å²) in [7, 11) is 0. The molecule has 1 N–H and O–H groups in total. The van der Waals surface area contributed by atoms with Gasteiger partial charge in [-0.05, 0) is 58.7 Å². The van der Waals surface area contributed by atoms with E-state index in [0.29, 0.717) is 6.42 Å². The molecule has 0 amide bonds. The summed E-state index contributed by atoms with van der Waals surface area (Å²) in [4.78, 5) is 13.7. The number of carbonyl (C=O) groups is 1. The van der Waals surface area contributed by atoms with Gasteiger partial charge >= 0.3 is 0 Å². The van der Waals surface area contributed by atoms with Crippen LogP contribution in [0.25, 0.3) is 10.8 Å². The largest absolute Gasteiger partial charge is 0.469 e. The van der Waals surface area contributed by atoms with Gasteiger partial charge in [-0.15, -0.1) is 0 Å². The van der Waals surface area contributed by atoms with E-state index in [-0.39, 0.29) is 24.4 Å². The maximum absolute atomic E-state index is 13.7. The molecule has 0 saturated heterocycles. The molecule has 3 aromatic carbocycles. The van der Waals surface area contributed by atoms with Crippen molar-refractivity contribution < 1.29 is 18.7 Å². The van der Waals surface area contributed by atoms with E-state index in [0.717, 1.165) is 62.5 Å². The van der Waals surface area contributed by atoms with Crippen molar-refractivity contribution in [2.75, 3.05) is 12.1 Å². The predicted octanol–water partition coefficient (Wildman–Crippen LogP) is 6.12. The van der Waals surface area contributed by atoms with E-state index in [9.17, 15) is 4.79 Å². The van der Waals surface area contributed by atoms with Crippen molar-refractivity contribution in [1.29, 1.82) is 0 Å². The number of fused-ring (bicyclic) bond motifs is 4. The Morgan fingerprint density at radius 1 is 0.879 bits per heavy atom. The Bertz CT molecular complexity index is 1450. The van der Waals surface area contributed by atoms with Crippen LogP contribution in [0.15, 0.2) is 88.7 Å². The van der Waals surface area contributed by atoms with Crippen molar-refractivity contribution in [3.05, 3.63) is 101 Å². The summed E-state index contributed by atoms with van der Waals surface area (Å²) in [6.07, 6.45) is 2.85. The zero-order valence-corrected chi connectivity index (χ0v) is 17.8. The van der Waals surface area contributed by atoms with E-state index in [2.05, 4.69) is 41.7 Å². The summed E-state index contributed by atoms with van der Waals surface area (Å²) in [5.41, 5.74) is 5.05. The highest BCUT2D eigenvalue weighted by Crippen LogP contribution is 2.51. The van der Waals surface area contributed by atoms with Gasteiger partial charge in [0, 0.05) is 35.2 Å². The maximum atomic E-state index is 13.7. The highest BCUT2D eigenvalue weighted by molar-refractivity contribution is 6.04. The van der Waals surface area contributed by atoms with Gasteiger partial charge in [-0.25, -0.2) is 0 Å². The van der Waals surface area contributed by atoms with E-state index < -0.39 is 0 Å². The average Bonchev–Trinajstić information content (AvgIpc) is 3.54. The lowest BCUT2D eigenvalue weighted by Crippen LogP contribution is -2.29. The molecule has 5 nitrogen and oxygen atoms in total. The SMILES string of the molecule is O=C1C[C@@H](c2ccco2)CC2=C1[C@@H](c1ccc3c(c1)OCO3)c1c(ccc3ccccc13)N2. The summed E-state index contributed by atoms with van der Waals surface area (Å²) >= 11 is 0. The molecule has 5 heteroatoms. The van der Waals surface area contributed by atoms with Gasteiger partial charge in [0.05, 0.1) is 6.26 Å². The molecule has 7 rings (SSSR count). The summed E-state index contributed by atoms with van der Waals surface area (Å²) in [5.74, 6) is 2.35. The minimum atomic E-state index is -0.179. The van der Waals surface area contributed by atoms with Crippen LogP contribution in [0.4, 0.5) is 5.69 Å². The van der Waals surface area contributed by atoms with E-state index in [1.54, 1.807) is 6.26 Å². The minimum Gasteiger partial charge on any atom is -0.469 e. The van der Waals surface area contributed by atoms with E-state index in [1.165, 1.54) is 0 Å². The first-order valence-corrected chi connectivity index (χ1v) is 11.2. The Morgan fingerprint density at radius 3 is 2.70 bits per heavy atom. The number of ketones is 1. The van der Waals surface area contributed by atoms with Crippen molar-refractivity contribution in [2.45, 2.75) is 24.7 Å². The number of ether oxygens (including phenoxy) is 2. The van der Waals surface area contributed by atoms with E-state index >= 15 is 0 Å². The lowest BCUT2D eigenvalue weighted by Gasteiger charge is -2.37. The van der Waals surface area contributed by atoms with Gasteiger partial charge in [-0.3, -0.25) is 4.79 Å². The molecule has 0 bridgehead atoms. The van der Waals surface area contributed by atoms with Crippen LogP contribution in [-0.4, -0.2) is 12.6 Å². The van der Waals surface area contributed by atoms with Crippen LogP contribution in [0.2, 0.25) is 0 Å². The van der Waals surface area contributed by atoms with Gasteiger partial charge in [0.25, 0.3) is 0 Å². The van der Waals surface area contributed by atoms with Gasteiger partial charge in [-0.2, -0.15) is 0 Å². The van der Waals surface area contributed by atoms with Crippen LogP contribution in [0.5, 0.6) is 11.5 Å². The molecule has 162 valence electrons. The topological polar surface area (TPSA) is 60.7 Å². The summed E-state index contributed by atoms with van der Waals surface area (Å²) < 4.78 is 16.9. The Morgan fingerprint density at radius 2 is 1.79 bits per heavy atom. The van der Waals surface area contributed by atoms with Crippen molar-refractivity contribution in [2.24, 2.45) is 0 Å². The first-order valence-electron chi connectivity index (χ1n) is 11.2. The molecule has 2 atom stereocenters.